The lowest BCUT2D eigenvalue weighted by Crippen LogP contribution is -2.20. The first-order chi connectivity index (χ1) is 6.20. The molecule has 0 aliphatic heterocycles. The summed E-state index contributed by atoms with van der Waals surface area (Å²) in [6.45, 7) is 5.23. The predicted molar refractivity (Wildman–Crippen MR) is 59.6 cm³/mol. The average molecular weight is 186 g/mol. The lowest BCUT2D eigenvalue weighted by molar-refractivity contribution is 0.459. The second-order valence-electron chi connectivity index (χ2n) is 4.17. The fourth-order valence-electron chi connectivity index (χ4n) is 1.46. The smallest absolute Gasteiger partial charge is 0.00388 e. The van der Waals surface area contributed by atoms with E-state index in [1.807, 2.05) is 0 Å². The predicted octanol–water partition coefficient (Wildman–Crippen LogP) is 2.27. The van der Waals surface area contributed by atoms with Gasteiger partial charge in [-0.25, -0.2) is 0 Å². The summed E-state index contributed by atoms with van der Waals surface area (Å²) in [7, 11) is 0. The van der Waals surface area contributed by atoms with Crippen LogP contribution in [0.5, 0.6) is 0 Å². The Morgan fingerprint density at radius 2 is 1.69 bits per heavy atom. The molecule has 0 radical (unpaired) electrons. The van der Waals surface area contributed by atoms with E-state index in [0.29, 0.717) is 12.0 Å². The van der Waals surface area contributed by atoms with Crippen LogP contribution in [0, 0.1) is 5.92 Å². The van der Waals surface area contributed by atoms with Gasteiger partial charge in [0.05, 0.1) is 0 Å². The zero-order valence-corrected chi connectivity index (χ0v) is 9.26. The third kappa shape index (κ3) is 8.26. The maximum absolute atomic E-state index is 5.96. The quantitative estimate of drug-likeness (QED) is 0.611. The third-order valence-electron chi connectivity index (χ3n) is 2.60. The van der Waals surface area contributed by atoms with Crippen molar-refractivity contribution >= 4 is 0 Å². The van der Waals surface area contributed by atoms with E-state index in [1.165, 1.54) is 38.5 Å². The van der Waals surface area contributed by atoms with E-state index in [4.69, 9.17) is 11.5 Å². The van der Waals surface area contributed by atoms with Crippen molar-refractivity contribution in [3.05, 3.63) is 0 Å². The molecule has 2 atom stereocenters. The van der Waals surface area contributed by atoms with Crippen LogP contribution in [0.25, 0.3) is 0 Å². The molecule has 0 heterocycles. The SMILES string of the molecule is CCCCC(N)CCCC(C)CN. The van der Waals surface area contributed by atoms with Crippen LogP contribution < -0.4 is 11.5 Å². The third-order valence-corrected chi connectivity index (χ3v) is 2.60. The molecule has 0 saturated carbocycles. The standard InChI is InChI=1S/C11H26N2/c1-3-4-7-11(13)8-5-6-10(2)9-12/h10-11H,3-9,12-13H2,1-2H3. The van der Waals surface area contributed by atoms with Crippen molar-refractivity contribution in [2.45, 2.75) is 58.4 Å². The van der Waals surface area contributed by atoms with Gasteiger partial charge in [0.25, 0.3) is 0 Å². The Morgan fingerprint density at radius 3 is 2.23 bits per heavy atom. The molecule has 0 aromatic carbocycles. The number of unbranched alkanes of at least 4 members (excludes halogenated alkanes) is 1. The summed E-state index contributed by atoms with van der Waals surface area (Å²) in [5.74, 6) is 0.665. The fourth-order valence-corrected chi connectivity index (χ4v) is 1.46. The molecule has 0 rings (SSSR count). The van der Waals surface area contributed by atoms with Crippen LogP contribution in [-0.4, -0.2) is 12.6 Å². The highest BCUT2D eigenvalue weighted by Gasteiger charge is 2.03. The average Bonchev–Trinajstić information content (AvgIpc) is 2.14. The molecule has 0 spiro atoms. The molecule has 2 unspecified atom stereocenters. The summed E-state index contributed by atoms with van der Waals surface area (Å²) >= 11 is 0. The molecule has 0 saturated heterocycles. The second kappa shape index (κ2) is 8.52. The van der Waals surface area contributed by atoms with Gasteiger partial charge in [0.2, 0.25) is 0 Å². The molecular formula is C11H26N2. The van der Waals surface area contributed by atoms with Gasteiger partial charge in [-0.15, -0.1) is 0 Å². The molecule has 0 aliphatic carbocycles. The van der Waals surface area contributed by atoms with Crippen LogP contribution in [0.3, 0.4) is 0 Å². The molecule has 0 aromatic rings. The fraction of sp³-hybridized carbons (Fsp3) is 1.00. The minimum atomic E-state index is 0.421. The van der Waals surface area contributed by atoms with Gasteiger partial charge in [-0.2, -0.15) is 0 Å². The largest absolute Gasteiger partial charge is 0.330 e. The zero-order valence-electron chi connectivity index (χ0n) is 9.26. The van der Waals surface area contributed by atoms with Crippen LogP contribution >= 0.6 is 0 Å². The number of rotatable bonds is 8. The van der Waals surface area contributed by atoms with Crippen molar-refractivity contribution in [3.8, 4) is 0 Å². The topological polar surface area (TPSA) is 52.0 Å². The number of hydrogen-bond acceptors (Lipinski definition) is 2. The monoisotopic (exact) mass is 186 g/mol. The summed E-state index contributed by atoms with van der Waals surface area (Å²) in [5.41, 5.74) is 11.5. The highest BCUT2D eigenvalue weighted by atomic mass is 14.6. The summed E-state index contributed by atoms with van der Waals surface area (Å²) in [5, 5.41) is 0. The first kappa shape index (κ1) is 12.9. The lowest BCUT2D eigenvalue weighted by Gasteiger charge is -2.12. The van der Waals surface area contributed by atoms with Crippen LogP contribution in [0.4, 0.5) is 0 Å². The second-order valence-corrected chi connectivity index (χ2v) is 4.17. The van der Waals surface area contributed by atoms with Crippen molar-refractivity contribution in [3.63, 3.8) is 0 Å². The van der Waals surface area contributed by atoms with Gasteiger partial charge in [-0.3, -0.25) is 0 Å². The minimum Gasteiger partial charge on any atom is -0.330 e. The zero-order chi connectivity index (χ0) is 10.1. The molecule has 0 bridgehead atoms. The van der Waals surface area contributed by atoms with E-state index in [1.54, 1.807) is 0 Å². The van der Waals surface area contributed by atoms with Gasteiger partial charge < -0.3 is 11.5 Å². The van der Waals surface area contributed by atoms with Crippen molar-refractivity contribution < 1.29 is 0 Å². The van der Waals surface area contributed by atoms with Gasteiger partial charge >= 0.3 is 0 Å². The van der Waals surface area contributed by atoms with Crippen molar-refractivity contribution in [1.82, 2.24) is 0 Å². The molecule has 80 valence electrons. The summed E-state index contributed by atoms with van der Waals surface area (Å²) < 4.78 is 0. The first-order valence-electron chi connectivity index (χ1n) is 5.66. The Bertz CT molecular complexity index is 104. The Kier molecular flexibility index (Phi) is 8.46. The van der Waals surface area contributed by atoms with Gasteiger partial charge in [-0.05, 0) is 31.7 Å². The Balaban J connectivity index is 3.21. The summed E-state index contributed by atoms with van der Waals surface area (Å²) in [6.07, 6.45) is 7.36. The number of hydrogen-bond donors (Lipinski definition) is 2. The molecule has 0 aliphatic rings. The van der Waals surface area contributed by atoms with Crippen molar-refractivity contribution in [2.75, 3.05) is 6.54 Å². The van der Waals surface area contributed by atoms with E-state index in [2.05, 4.69) is 13.8 Å². The van der Waals surface area contributed by atoms with Crippen LogP contribution in [0.15, 0.2) is 0 Å². The normalized spacial score (nSPS) is 15.7. The molecule has 0 aromatic heterocycles. The van der Waals surface area contributed by atoms with E-state index in [-0.39, 0.29) is 0 Å². The molecule has 2 heteroatoms. The molecule has 2 nitrogen and oxygen atoms in total. The van der Waals surface area contributed by atoms with Gasteiger partial charge in [0.15, 0.2) is 0 Å². The molecule has 13 heavy (non-hydrogen) atoms. The van der Waals surface area contributed by atoms with Crippen LogP contribution in [-0.2, 0) is 0 Å². The van der Waals surface area contributed by atoms with Gasteiger partial charge in [0.1, 0.15) is 0 Å². The van der Waals surface area contributed by atoms with E-state index in [0.717, 1.165) is 6.54 Å². The Labute approximate surface area is 83.1 Å². The molecule has 0 fully saturated rings. The Hall–Kier alpha value is -0.0800. The number of nitrogens with two attached hydrogens (primary N) is 2. The van der Waals surface area contributed by atoms with E-state index < -0.39 is 0 Å². The maximum atomic E-state index is 5.96. The van der Waals surface area contributed by atoms with Crippen molar-refractivity contribution in [2.24, 2.45) is 17.4 Å². The highest BCUT2D eigenvalue weighted by molar-refractivity contribution is 4.62. The Morgan fingerprint density at radius 1 is 1.08 bits per heavy atom. The minimum absolute atomic E-state index is 0.421. The maximum Gasteiger partial charge on any atom is 0.00388 e. The van der Waals surface area contributed by atoms with E-state index in [9.17, 15) is 0 Å². The summed E-state index contributed by atoms with van der Waals surface area (Å²) in [6, 6.07) is 0.421. The van der Waals surface area contributed by atoms with Crippen LogP contribution in [0.2, 0.25) is 0 Å². The lowest BCUT2D eigenvalue weighted by atomic mass is 9.99. The summed E-state index contributed by atoms with van der Waals surface area (Å²) in [4.78, 5) is 0. The van der Waals surface area contributed by atoms with Gasteiger partial charge in [0, 0.05) is 6.04 Å². The molecular weight excluding hydrogens is 160 g/mol. The van der Waals surface area contributed by atoms with Crippen molar-refractivity contribution in [1.29, 1.82) is 0 Å². The first-order valence-corrected chi connectivity index (χ1v) is 5.66. The molecule has 0 amide bonds. The van der Waals surface area contributed by atoms with E-state index >= 15 is 0 Å². The highest BCUT2D eigenvalue weighted by Crippen LogP contribution is 2.10. The van der Waals surface area contributed by atoms with Crippen LogP contribution in [0.1, 0.15) is 52.4 Å². The van der Waals surface area contributed by atoms with Gasteiger partial charge in [-0.1, -0.05) is 33.1 Å². The molecule has 4 N–H and O–H groups in total.